The van der Waals surface area contributed by atoms with Gasteiger partial charge in [0.15, 0.2) is 9.84 Å². The van der Waals surface area contributed by atoms with E-state index in [2.05, 4.69) is 10.3 Å². The fraction of sp³-hybridized carbons (Fsp3) is 0.368. The Labute approximate surface area is 162 Å². The number of nitrogens with one attached hydrogen (secondary N) is 1. The monoisotopic (exact) mass is 408 g/mol. The molecule has 1 amide bonds. The van der Waals surface area contributed by atoms with Crippen molar-refractivity contribution in [3.8, 4) is 5.75 Å². The van der Waals surface area contributed by atoms with Gasteiger partial charge in [-0.05, 0) is 49.1 Å². The van der Waals surface area contributed by atoms with Crippen LogP contribution < -0.4 is 10.1 Å². The predicted octanol–water partition coefficient (Wildman–Crippen LogP) is 2.60. The topological polar surface area (TPSA) is 94.6 Å². The van der Waals surface area contributed by atoms with Crippen LogP contribution in [-0.2, 0) is 14.6 Å². The summed E-state index contributed by atoms with van der Waals surface area (Å²) >= 11 is 0. The van der Waals surface area contributed by atoms with Gasteiger partial charge < -0.3 is 14.8 Å². The molecule has 1 N–H and O–H groups in total. The lowest BCUT2D eigenvalue weighted by Gasteiger charge is -2.13. The SMILES string of the molecule is COc1ccc(S(=O)(=O)C[C@H]2CCOC2)cc1C(=O)Nc1ncc(F)cc1C. The summed E-state index contributed by atoms with van der Waals surface area (Å²) in [7, 11) is -2.21. The number of methoxy groups -OCH3 is 1. The van der Waals surface area contributed by atoms with Crippen LogP contribution in [0.25, 0.3) is 0 Å². The van der Waals surface area contributed by atoms with Crippen LogP contribution in [0.15, 0.2) is 35.4 Å². The summed E-state index contributed by atoms with van der Waals surface area (Å²) in [6.07, 6.45) is 1.68. The van der Waals surface area contributed by atoms with Gasteiger partial charge in [0, 0.05) is 6.61 Å². The zero-order valence-electron chi connectivity index (χ0n) is 15.6. The van der Waals surface area contributed by atoms with E-state index in [1.165, 1.54) is 31.4 Å². The Balaban J connectivity index is 1.88. The van der Waals surface area contributed by atoms with E-state index in [9.17, 15) is 17.6 Å². The average molecular weight is 408 g/mol. The van der Waals surface area contributed by atoms with Gasteiger partial charge in [0.1, 0.15) is 17.4 Å². The summed E-state index contributed by atoms with van der Waals surface area (Å²) in [6, 6.07) is 5.39. The largest absolute Gasteiger partial charge is 0.496 e. The number of pyridine rings is 1. The van der Waals surface area contributed by atoms with Gasteiger partial charge in [0.05, 0.1) is 36.1 Å². The summed E-state index contributed by atoms with van der Waals surface area (Å²) in [5, 5.41) is 2.57. The Hall–Kier alpha value is -2.52. The Morgan fingerprint density at radius 3 is 2.82 bits per heavy atom. The van der Waals surface area contributed by atoms with Gasteiger partial charge in [0.25, 0.3) is 5.91 Å². The standard InChI is InChI=1S/C19H21FN2O5S/c1-12-7-14(20)9-21-18(12)22-19(23)16-8-15(3-4-17(16)26-2)28(24,25)11-13-5-6-27-10-13/h3-4,7-9,13H,5-6,10-11H2,1-2H3,(H,21,22,23)/t13-/m0/s1. The van der Waals surface area contributed by atoms with Gasteiger partial charge in [-0.2, -0.15) is 0 Å². The highest BCUT2D eigenvalue weighted by atomic mass is 32.2. The first-order valence-electron chi connectivity index (χ1n) is 8.72. The van der Waals surface area contributed by atoms with Crippen LogP contribution in [0, 0.1) is 18.7 Å². The molecule has 7 nitrogen and oxygen atoms in total. The number of benzene rings is 1. The first-order chi connectivity index (χ1) is 13.3. The van der Waals surface area contributed by atoms with Gasteiger partial charge in [-0.15, -0.1) is 0 Å². The van der Waals surface area contributed by atoms with Crippen LogP contribution in [0.3, 0.4) is 0 Å². The molecule has 1 aromatic heterocycles. The maximum Gasteiger partial charge on any atom is 0.260 e. The quantitative estimate of drug-likeness (QED) is 0.790. The lowest BCUT2D eigenvalue weighted by molar-refractivity contribution is 0.102. The van der Waals surface area contributed by atoms with Crippen LogP contribution in [0.2, 0.25) is 0 Å². The third-order valence-electron chi connectivity index (χ3n) is 4.53. The number of sulfone groups is 1. The van der Waals surface area contributed by atoms with Crippen molar-refractivity contribution < 1.29 is 27.1 Å². The maximum absolute atomic E-state index is 13.2. The molecule has 1 aliphatic heterocycles. The molecule has 0 spiro atoms. The van der Waals surface area contributed by atoms with Crippen LogP contribution in [0.5, 0.6) is 5.75 Å². The normalized spacial score (nSPS) is 16.8. The third-order valence-corrected chi connectivity index (χ3v) is 6.41. The van der Waals surface area contributed by atoms with Gasteiger partial charge in [-0.1, -0.05) is 0 Å². The van der Waals surface area contributed by atoms with Gasteiger partial charge in [0.2, 0.25) is 0 Å². The minimum atomic E-state index is -3.59. The summed E-state index contributed by atoms with van der Waals surface area (Å²) in [4.78, 5) is 16.6. The molecule has 1 saturated heterocycles. The van der Waals surface area contributed by atoms with E-state index in [0.29, 0.717) is 25.2 Å². The molecule has 2 heterocycles. The van der Waals surface area contributed by atoms with Crippen molar-refractivity contribution in [1.82, 2.24) is 4.98 Å². The molecule has 0 saturated carbocycles. The van der Waals surface area contributed by atoms with E-state index in [-0.39, 0.29) is 33.7 Å². The first-order valence-corrected chi connectivity index (χ1v) is 10.4. The van der Waals surface area contributed by atoms with Gasteiger partial charge in [-0.25, -0.2) is 17.8 Å². The number of carbonyl (C=O) groups is 1. The van der Waals surface area contributed by atoms with E-state index < -0.39 is 21.6 Å². The smallest absolute Gasteiger partial charge is 0.260 e. The van der Waals surface area contributed by atoms with Crippen LogP contribution in [0.1, 0.15) is 22.3 Å². The maximum atomic E-state index is 13.2. The molecule has 3 rings (SSSR count). The summed E-state index contributed by atoms with van der Waals surface area (Å²) < 4.78 is 49.1. The molecular formula is C19H21FN2O5S. The Bertz CT molecular complexity index is 988. The fourth-order valence-corrected chi connectivity index (χ4v) is 4.67. The van der Waals surface area contributed by atoms with Gasteiger partial charge >= 0.3 is 0 Å². The second kappa shape index (κ2) is 8.24. The lowest BCUT2D eigenvalue weighted by atomic mass is 10.1. The van der Waals surface area contributed by atoms with E-state index in [0.717, 1.165) is 6.20 Å². The minimum Gasteiger partial charge on any atom is -0.496 e. The number of hydrogen-bond donors (Lipinski definition) is 1. The Morgan fingerprint density at radius 1 is 1.39 bits per heavy atom. The highest BCUT2D eigenvalue weighted by Gasteiger charge is 2.26. The molecule has 0 bridgehead atoms. The molecule has 28 heavy (non-hydrogen) atoms. The molecule has 0 radical (unpaired) electrons. The molecule has 1 atom stereocenters. The number of carbonyl (C=O) groups excluding carboxylic acids is 1. The number of aromatic nitrogens is 1. The first kappa shape index (κ1) is 20.2. The average Bonchev–Trinajstić information content (AvgIpc) is 3.15. The van der Waals surface area contributed by atoms with E-state index in [1.54, 1.807) is 6.92 Å². The van der Waals surface area contributed by atoms with E-state index in [1.807, 2.05) is 0 Å². The molecule has 150 valence electrons. The number of halogens is 1. The van der Waals surface area contributed by atoms with Crippen LogP contribution in [0.4, 0.5) is 10.2 Å². The number of amides is 1. The number of aryl methyl sites for hydroxylation is 1. The molecule has 1 aliphatic rings. The molecule has 2 aromatic rings. The summed E-state index contributed by atoms with van der Waals surface area (Å²) in [5.41, 5.74) is 0.495. The molecular weight excluding hydrogens is 387 g/mol. The van der Waals surface area contributed by atoms with Crippen molar-refractivity contribution in [3.05, 3.63) is 47.4 Å². The number of hydrogen-bond acceptors (Lipinski definition) is 6. The summed E-state index contributed by atoms with van der Waals surface area (Å²) in [5.74, 6) is -0.808. The van der Waals surface area contributed by atoms with Crippen molar-refractivity contribution in [2.75, 3.05) is 31.4 Å². The Morgan fingerprint density at radius 2 is 2.18 bits per heavy atom. The second-order valence-electron chi connectivity index (χ2n) is 6.65. The fourth-order valence-electron chi connectivity index (χ4n) is 3.03. The van der Waals surface area contributed by atoms with Crippen molar-refractivity contribution in [2.24, 2.45) is 5.92 Å². The second-order valence-corrected chi connectivity index (χ2v) is 8.68. The van der Waals surface area contributed by atoms with Crippen LogP contribution in [-0.4, -0.2) is 45.4 Å². The number of anilines is 1. The number of nitrogens with zero attached hydrogens (tertiary/aromatic N) is 1. The van der Waals surface area contributed by atoms with Crippen molar-refractivity contribution in [3.63, 3.8) is 0 Å². The summed E-state index contributed by atoms with van der Waals surface area (Å²) in [6.45, 7) is 2.58. The van der Waals surface area contributed by atoms with Crippen molar-refractivity contribution >= 4 is 21.6 Å². The van der Waals surface area contributed by atoms with Gasteiger partial charge in [-0.3, -0.25) is 4.79 Å². The zero-order valence-corrected chi connectivity index (χ0v) is 16.4. The predicted molar refractivity (Wildman–Crippen MR) is 101 cm³/mol. The Kier molecular flexibility index (Phi) is 5.95. The third kappa shape index (κ3) is 4.48. The molecule has 0 unspecified atom stereocenters. The van der Waals surface area contributed by atoms with Crippen molar-refractivity contribution in [2.45, 2.75) is 18.2 Å². The highest BCUT2D eigenvalue weighted by Crippen LogP contribution is 2.26. The van der Waals surface area contributed by atoms with E-state index >= 15 is 0 Å². The number of rotatable bonds is 6. The molecule has 9 heteroatoms. The van der Waals surface area contributed by atoms with Crippen LogP contribution >= 0.6 is 0 Å². The van der Waals surface area contributed by atoms with Crippen molar-refractivity contribution in [1.29, 1.82) is 0 Å². The molecule has 1 fully saturated rings. The zero-order chi connectivity index (χ0) is 20.3. The molecule has 1 aromatic carbocycles. The minimum absolute atomic E-state index is 0.0362. The lowest BCUT2D eigenvalue weighted by Crippen LogP contribution is -2.19. The highest BCUT2D eigenvalue weighted by molar-refractivity contribution is 7.91. The molecule has 0 aliphatic carbocycles. The number of ether oxygens (including phenoxy) is 2. The van der Waals surface area contributed by atoms with E-state index in [4.69, 9.17) is 9.47 Å².